The Labute approximate surface area is 115 Å². The zero-order valence-electron chi connectivity index (χ0n) is 11.0. The Bertz CT molecular complexity index is 527. The second-order valence-electron chi connectivity index (χ2n) is 4.99. The Morgan fingerprint density at radius 2 is 1.95 bits per heavy atom. The van der Waals surface area contributed by atoms with Gasteiger partial charge in [-0.2, -0.15) is 0 Å². The minimum atomic E-state index is -0.989. The van der Waals surface area contributed by atoms with Crippen LogP contribution in [0.5, 0.6) is 0 Å². The molecule has 1 fully saturated rings. The largest absolute Gasteiger partial charge is 0.481 e. The van der Waals surface area contributed by atoms with E-state index in [1.165, 1.54) is 30.1 Å². The summed E-state index contributed by atoms with van der Waals surface area (Å²) >= 11 is 0. The molecular formula is C14H15F2NO3. The number of carboxylic acid groups (broad SMARTS) is 1. The number of nitrogens with zero attached hydrogens (tertiary/aromatic N) is 1. The molecule has 1 aromatic carbocycles. The summed E-state index contributed by atoms with van der Waals surface area (Å²) in [5, 5.41) is 8.56. The lowest BCUT2D eigenvalue weighted by Crippen LogP contribution is -2.30. The van der Waals surface area contributed by atoms with Crippen LogP contribution in [0, 0.1) is 17.6 Å². The number of hydrogen-bond acceptors (Lipinski definition) is 2. The van der Waals surface area contributed by atoms with E-state index in [4.69, 9.17) is 5.11 Å². The molecule has 0 saturated heterocycles. The minimum Gasteiger partial charge on any atom is -0.481 e. The van der Waals surface area contributed by atoms with Gasteiger partial charge in [0.1, 0.15) is 11.6 Å². The molecule has 0 heterocycles. The second-order valence-corrected chi connectivity index (χ2v) is 4.99. The van der Waals surface area contributed by atoms with E-state index in [0.29, 0.717) is 6.42 Å². The highest BCUT2D eigenvalue weighted by Gasteiger charge is 2.47. The van der Waals surface area contributed by atoms with Gasteiger partial charge < -0.3 is 10.0 Å². The number of rotatable bonds is 5. The summed E-state index contributed by atoms with van der Waals surface area (Å²) in [7, 11) is 1.50. The highest BCUT2D eigenvalue weighted by molar-refractivity contribution is 5.83. The SMILES string of the molecule is CN(CCC(=O)O)C(=O)[C@H]1C[C@@H]1c1c(F)cccc1F. The van der Waals surface area contributed by atoms with E-state index in [2.05, 4.69) is 0 Å². The van der Waals surface area contributed by atoms with E-state index in [1.807, 2.05) is 0 Å². The van der Waals surface area contributed by atoms with Crippen molar-refractivity contribution in [1.29, 1.82) is 0 Å². The van der Waals surface area contributed by atoms with Gasteiger partial charge in [0.15, 0.2) is 0 Å². The molecular weight excluding hydrogens is 268 g/mol. The van der Waals surface area contributed by atoms with Crippen LogP contribution >= 0.6 is 0 Å². The number of carboxylic acids is 1. The molecule has 2 rings (SSSR count). The molecule has 0 unspecified atom stereocenters. The molecule has 0 bridgehead atoms. The zero-order valence-corrected chi connectivity index (χ0v) is 11.0. The van der Waals surface area contributed by atoms with Gasteiger partial charge in [-0.3, -0.25) is 9.59 Å². The van der Waals surface area contributed by atoms with Crippen molar-refractivity contribution in [2.24, 2.45) is 5.92 Å². The van der Waals surface area contributed by atoms with Gasteiger partial charge in [0.05, 0.1) is 6.42 Å². The average Bonchev–Trinajstić information content (AvgIpc) is 3.15. The van der Waals surface area contributed by atoms with Crippen molar-refractivity contribution in [3.05, 3.63) is 35.4 Å². The number of halogens is 2. The summed E-state index contributed by atoms with van der Waals surface area (Å²) in [5.41, 5.74) is -0.0440. The molecule has 6 heteroatoms. The summed E-state index contributed by atoms with van der Waals surface area (Å²) < 4.78 is 27.2. The maximum Gasteiger partial charge on any atom is 0.305 e. The van der Waals surface area contributed by atoms with Gasteiger partial charge in [-0.05, 0) is 18.6 Å². The van der Waals surface area contributed by atoms with Crippen molar-refractivity contribution in [3.63, 3.8) is 0 Å². The quantitative estimate of drug-likeness (QED) is 0.899. The number of aliphatic carboxylic acids is 1. The topological polar surface area (TPSA) is 57.6 Å². The fourth-order valence-electron chi connectivity index (χ4n) is 2.31. The monoisotopic (exact) mass is 283 g/mol. The summed E-state index contributed by atoms with van der Waals surface area (Å²) in [6, 6.07) is 3.63. The number of amides is 1. The molecule has 0 spiro atoms. The Morgan fingerprint density at radius 3 is 2.50 bits per heavy atom. The Hall–Kier alpha value is -1.98. The Balaban J connectivity index is 2.01. The van der Waals surface area contributed by atoms with E-state index in [0.717, 1.165) is 0 Å². The number of carbonyl (C=O) groups excluding carboxylic acids is 1. The Morgan fingerprint density at radius 1 is 1.35 bits per heavy atom. The first-order valence-electron chi connectivity index (χ1n) is 6.32. The van der Waals surface area contributed by atoms with Crippen molar-refractivity contribution in [2.45, 2.75) is 18.8 Å². The fraction of sp³-hybridized carbons (Fsp3) is 0.429. The van der Waals surface area contributed by atoms with Crippen LogP contribution in [0.2, 0.25) is 0 Å². The molecule has 0 aromatic heterocycles. The summed E-state index contributed by atoms with van der Waals surface area (Å²) in [5.74, 6) is -3.44. The molecule has 1 aliphatic rings. The highest BCUT2D eigenvalue weighted by Crippen LogP contribution is 2.49. The van der Waals surface area contributed by atoms with Gasteiger partial charge >= 0.3 is 5.97 Å². The van der Waals surface area contributed by atoms with Crippen molar-refractivity contribution in [1.82, 2.24) is 4.90 Å². The van der Waals surface area contributed by atoms with Crippen molar-refractivity contribution < 1.29 is 23.5 Å². The average molecular weight is 283 g/mol. The second kappa shape index (κ2) is 5.56. The molecule has 4 nitrogen and oxygen atoms in total. The summed E-state index contributed by atoms with van der Waals surface area (Å²) in [6.45, 7) is 0.0944. The molecule has 20 heavy (non-hydrogen) atoms. The number of benzene rings is 1. The molecule has 0 aliphatic heterocycles. The van der Waals surface area contributed by atoms with Gasteiger partial charge in [0.25, 0.3) is 0 Å². The van der Waals surface area contributed by atoms with E-state index in [9.17, 15) is 18.4 Å². The molecule has 1 aliphatic carbocycles. The van der Waals surface area contributed by atoms with Crippen LogP contribution in [-0.2, 0) is 9.59 Å². The van der Waals surface area contributed by atoms with E-state index in [1.54, 1.807) is 0 Å². The predicted octanol–water partition coefficient (Wildman–Crippen LogP) is 2.00. The van der Waals surface area contributed by atoms with Gasteiger partial charge in [-0.15, -0.1) is 0 Å². The van der Waals surface area contributed by atoms with Crippen LogP contribution in [0.3, 0.4) is 0 Å². The first-order chi connectivity index (χ1) is 9.41. The summed E-state index contributed by atoms with van der Waals surface area (Å²) in [4.78, 5) is 23.8. The molecule has 1 N–H and O–H groups in total. The fourth-order valence-corrected chi connectivity index (χ4v) is 2.31. The van der Waals surface area contributed by atoms with Gasteiger partial charge in [0, 0.05) is 31.0 Å². The normalized spacial score (nSPS) is 20.6. The first kappa shape index (κ1) is 14.4. The standard InChI is InChI=1S/C14H15F2NO3/c1-17(6-5-12(18)19)14(20)9-7-8(9)13-10(15)3-2-4-11(13)16/h2-4,8-9H,5-7H2,1H3,(H,18,19)/t8-,9-/m0/s1. The minimum absolute atomic E-state index is 0.0440. The van der Waals surface area contributed by atoms with E-state index < -0.39 is 29.4 Å². The molecule has 108 valence electrons. The zero-order chi connectivity index (χ0) is 14.9. The maximum absolute atomic E-state index is 13.6. The van der Waals surface area contributed by atoms with Crippen LogP contribution in [-0.4, -0.2) is 35.5 Å². The third-order valence-corrected chi connectivity index (χ3v) is 3.52. The molecule has 0 radical (unpaired) electrons. The third kappa shape index (κ3) is 2.95. The van der Waals surface area contributed by atoms with Crippen LogP contribution in [0.15, 0.2) is 18.2 Å². The number of hydrogen-bond donors (Lipinski definition) is 1. The van der Waals surface area contributed by atoms with Gasteiger partial charge in [-0.1, -0.05) is 6.07 Å². The molecule has 1 aromatic rings. The summed E-state index contributed by atoms with van der Waals surface area (Å²) in [6.07, 6.45) is 0.252. The van der Waals surface area contributed by atoms with Crippen LogP contribution < -0.4 is 0 Å². The predicted molar refractivity (Wildman–Crippen MR) is 67.1 cm³/mol. The van der Waals surface area contributed by atoms with Crippen LogP contribution in [0.4, 0.5) is 8.78 Å². The third-order valence-electron chi connectivity index (χ3n) is 3.52. The van der Waals surface area contributed by atoms with Gasteiger partial charge in [0.2, 0.25) is 5.91 Å². The maximum atomic E-state index is 13.6. The lowest BCUT2D eigenvalue weighted by Gasteiger charge is -2.16. The van der Waals surface area contributed by atoms with Crippen molar-refractivity contribution in [3.8, 4) is 0 Å². The van der Waals surface area contributed by atoms with Crippen LogP contribution in [0.1, 0.15) is 24.3 Å². The number of carbonyl (C=O) groups is 2. The first-order valence-corrected chi connectivity index (χ1v) is 6.32. The molecule has 1 saturated carbocycles. The highest BCUT2D eigenvalue weighted by atomic mass is 19.1. The lowest BCUT2D eigenvalue weighted by molar-refractivity contribution is -0.138. The van der Waals surface area contributed by atoms with E-state index in [-0.39, 0.29) is 24.4 Å². The van der Waals surface area contributed by atoms with E-state index >= 15 is 0 Å². The lowest BCUT2D eigenvalue weighted by atomic mass is 10.1. The van der Waals surface area contributed by atoms with Crippen molar-refractivity contribution >= 4 is 11.9 Å². The van der Waals surface area contributed by atoms with Gasteiger partial charge in [-0.25, -0.2) is 8.78 Å². The molecule has 2 atom stereocenters. The van der Waals surface area contributed by atoms with Crippen LogP contribution in [0.25, 0.3) is 0 Å². The molecule has 1 amide bonds. The van der Waals surface area contributed by atoms with Crippen molar-refractivity contribution in [2.75, 3.05) is 13.6 Å². The smallest absolute Gasteiger partial charge is 0.305 e. The Kier molecular flexibility index (Phi) is 4.01.